The third-order valence-electron chi connectivity index (χ3n) is 4.47. The van der Waals surface area contributed by atoms with E-state index in [0.717, 1.165) is 56.0 Å². The van der Waals surface area contributed by atoms with Crippen LogP contribution in [0, 0.1) is 0 Å². The first-order chi connectivity index (χ1) is 12.2. The van der Waals surface area contributed by atoms with Crippen molar-refractivity contribution >= 4 is 6.03 Å². The molecule has 2 atom stereocenters. The summed E-state index contributed by atoms with van der Waals surface area (Å²) >= 11 is 0. The number of hydrogen-bond donors (Lipinski definition) is 2. The molecule has 0 aliphatic carbocycles. The smallest absolute Gasteiger partial charge is 0.315 e. The molecule has 0 unspecified atom stereocenters. The Morgan fingerprint density at radius 1 is 1.40 bits per heavy atom. The number of carbonyl (C=O) groups is 1. The summed E-state index contributed by atoms with van der Waals surface area (Å²) in [5, 5.41) is 10.6. The van der Waals surface area contributed by atoms with Gasteiger partial charge in [0, 0.05) is 19.2 Å². The average Bonchev–Trinajstić information content (AvgIpc) is 3.06. The second-order valence-electron chi connectivity index (χ2n) is 6.37. The van der Waals surface area contributed by atoms with Crippen LogP contribution < -0.4 is 10.6 Å². The molecule has 3 heterocycles. The Labute approximate surface area is 148 Å². The molecule has 7 heteroatoms. The highest BCUT2D eigenvalue weighted by Gasteiger charge is 2.26. The molecule has 0 fully saturated rings. The molecule has 2 aromatic heterocycles. The summed E-state index contributed by atoms with van der Waals surface area (Å²) in [6, 6.07) is 5.42. The Bertz CT molecular complexity index is 699. The Morgan fingerprint density at radius 3 is 3.00 bits per heavy atom. The third-order valence-corrected chi connectivity index (χ3v) is 4.47. The van der Waals surface area contributed by atoms with Crippen LogP contribution in [0.4, 0.5) is 4.79 Å². The molecule has 0 saturated carbocycles. The molecule has 1 aliphatic heterocycles. The van der Waals surface area contributed by atoms with Crippen molar-refractivity contribution in [2.24, 2.45) is 0 Å². The second kappa shape index (κ2) is 8.09. The van der Waals surface area contributed by atoms with Gasteiger partial charge in [-0.25, -0.2) is 14.5 Å². The first kappa shape index (κ1) is 17.4. The van der Waals surface area contributed by atoms with Crippen molar-refractivity contribution in [2.75, 3.05) is 0 Å². The van der Waals surface area contributed by atoms with E-state index >= 15 is 0 Å². The zero-order chi connectivity index (χ0) is 17.6. The molecule has 2 aromatic rings. The molecule has 1 aliphatic rings. The van der Waals surface area contributed by atoms with Crippen molar-refractivity contribution in [1.82, 2.24) is 30.4 Å². The van der Waals surface area contributed by atoms with Crippen molar-refractivity contribution in [2.45, 2.75) is 64.6 Å². The van der Waals surface area contributed by atoms with Crippen LogP contribution in [0.5, 0.6) is 0 Å². The van der Waals surface area contributed by atoms with E-state index < -0.39 is 0 Å². The minimum Gasteiger partial charge on any atom is -0.330 e. The van der Waals surface area contributed by atoms with E-state index in [0.29, 0.717) is 0 Å². The molecule has 3 rings (SSSR count). The standard InChI is InChI=1S/C18H26N6O/c1-3-8-14(13-9-5-6-11-19-13)20-18(25)21-15-10-7-12-24-17(15)22-16(4-2)23-24/h5-6,9,11,14-15H,3-4,7-8,10,12H2,1-2H3,(H2,20,21,25)/t14-,15+/m0/s1. The number of nitrogens with zero attached hydrogens (tertiary/aromatic N) is 4. The number of nitrogens with one attached hydrogen (secondary N) is 2. The summed E-state index contributed by atoms with van der Waals surface area (Å²) in [7, 11) is 0. The number of aryl methyl sites for hydroxylation is 2. The van der Waals surface area contributed by atoms with E-state index in [2.05, 4.69) is 32.6 Å². The molecular weight excluding hydrogens is 316 g/mol. The molecule has 0 aromatic carbocycles. The van der Waals surface area contributed by atoms with Gasteiger partial charge in [0.25, 0.3) is 0 Å². The van der Waals surface area contributed by atoms with Gasteiger partial charge in [-0.1, -0.05) is 26.3 Å². The van der Waals surface area contributed by atoms with Crippen molar-refractivity contribution in [3.8, 4) is 0 Å². The van der Waals surface area contributed by atoms with Crippen LogP contribution in [-0.2, 0) is 13.0 Å². The zero-order valence-corrected chi connectivity index (χ0v) is 14.9. The zero-order valence-electron chi connectivity index (χ0n) is 14.9. The lowest BCUT2D eigenvalue weighted by molar-refractivity contribution is 0.228. The molecule has 0 saturated heterocycles. The van der Waals surface area contributed by atoms with E-state index in [-0.39, 0.29) is 18.1 Å². The van der Waals surface area contributed by atoms with E-state index in [1.54, 1.807) is 6.20 Å². The minimum absolute atomic E-state index is 0.0844. The molecule has 2 N–H and O–H groups in total. The van der Waals surface area contributed by atoms with E-state index in [9.17, 15) is 4.79 Å². The van der Waals surface area contributed by atoms with E-state index in [1.807, 2.05) is 29.8 Å². The number of hydrogen-bond acceptors (Lipinski definition) is 4. The highest BCUT2D eigenvalue weighted by Crippen LogP contribution is 2.23. The van der Waals surface area contributed by atoms with Gasteiger partial charge < -0.3 is 10.6 Å². The Balaban J connectivity index is 1.67. The van der Waals surface area contributed by atoms with Gasteiger partial charge in [0.2, 0.25) is 0 Å². The minimum atomic E-state index is -0.177. The van der Waals surface area contributed by atoms with Crippen molar-refractivity contribution < 1.29 is 4.79 Å². The highest BCUT2D eigenvalue weighted by atomic mass is 16.2. The summed E-state index contributed by atoms with van der Waals surface area (Å²) in [4.78, 5) is 21.5. The molecule has 25 heavy (non-hydrogen) atoms. The third kappa shape index (κ3) is 4.15. The number of fused-ring (bicyclic) bond motifs is 1. The van der Waals surface area contributed by atoms with Gasteiger partial charge in [0.15, 0.2) is 5.82 Å². The van der Waals surface area contributed by atoms with E-state index in [1.165, 1.54) is 0 Å². The van der Waals surface area contributed by atoms with Crippen LogP contribution in [0.1, 0.15) is 69.0 Å². The Hall–Kier alpha value is -2.44. The van der Waals surface area contributed by atoms with Gasteiger partial charge in [-0.2, -0.15) is 5.10 Å². The van der Waals surface area contributed by atoms with Crippen molar-refractivity contribution in [3.05, 3.63) is 41.7 Å². The number of urea groups is 1. The quantitative estimate of drug-likeness (QED) is 0.845. The molecule has 7 nitrogen and oxygen atoms in total. The first-order valence-corrected chi connectivity index (χ1v) is 9.12. The monoisotopic (exact) mass is 342 g/mol. The van der Waals surface area contributed by atoms with Gasteiger partial charge in [-0.3, -0.25) is 4.98 Å². The summed E-state index contributed by atoms with van der Waals surface area (Å²) in [5.41, 5.74) is 0.889. The molecule has 2 amide bonds. The lowest BCUT2D eigenvalue weighted by Gasteiger charge is -2.25. The number of amides is 2. The summed E-state index contributed by atoms with van der Waals surface area (Å²) in [6.07, 6.45) is 6.26. The predicted molar refractivity (Wildman–Crippen MR) is 94.9 cm³/mol. The van der Waals surface area contributed by atoms with Crippen LogP contribution in [-0.4, -0.2) is 25.8 Å². The summed E-state index contributed by atoms with van der Waals surface area (Å²) in [6.45, 7) is 5.01. The SMILES string of the molecule is CCC[C@H](NC(=O)N[C@@H]1CCCn2nc(CC)nc21)c1ccccn1. The Morgan fingerprint density at radius 2 is 2.28 bits per heavy atom. The molecule has 134 valence electrons. The van der Waals surface area contributed by atoms with Gasteiger partial charge in [-0.05, 0) is 31.4 Å². The Kier molecular flexibility index (Phi) is 5.63. The molecule has 0 radical (unpaired) electrons. The van der Waals surface area contributed by atoms with Crippen LogP contribution in [0.2, 0.25) is 0 Å². The number of pyridine rings is 1. The van der Waals surface area contributed by atoms with Gasteiger partial charge in [-0.15, -0.1) is 0 Å². The lowest BCUT2D eigenvalue weighted by atomic mass is 10.1. The summed E-state index contributed by atoms with van der Waals surface area (Å²) < 4.78 is 1.93. The maximum Gasteiger partial charge on any atom is 0.315 e. The molecular formula is C18H26N6O. The van der Waals surface area contributed by atoms with Gasteiger partial charge >= 0.3 is 6.03 Å². The van der Waals surface area contributed by atoms with Crippen molar-refractivity contribution in [3.63, 3.8) is 0 Å². The fourth-order valence-corrected chi connectivity index (χ4v) is 3.21. The van der Waals surface area contributed by atoms with Crippen LogP contribution in [0.3, 0.4) is 0 Å². The normalized spacial score (nSPS) is 17.6. The fourth-order valence-electron chi connectivity index (χ4n) is 3.21. The van der Waals surface area contributed by atoms with Crippen molar-refractivity contribution in [1.29, 1.82) is 0 Å². The van der Waals surface area contributed by atoms with Gasteiger partial charge in [0.05, 0.1) is 17.8 Å². The first-order valence-electron chi connectivity index (χ1n) is 9.12. The number of aromatic nitrogens is 4. The maximum absolute atomic E-state index is 12.5. The topological polar surface area (TPSA) is 84.7 Å². The molecule has 0 spiro atoms. The lowest BCUT2D eigenvalue weighted by Crippen LogP contribution is -2.42. The molecule has 0 bridgehead atoms. The maximum atomic E-state index is 12.5. The highest BCUT2D eigenvalue weighted by molar-refractivity contribution is 5.74. The summed E-state index contributed by atoms with van der Waals surface area (Å²) in [5.74, 6) is 1.70. The predicted octanol–water partition coefficient (Wildman–Crippen LogP) is 2.91. The fraction of sp³-hybridized carbons (Fsp3) is 0.556. The van der Waals surface area contributed by atoms with Gasteiger partial charge in [0.1, 0.15) is 5.82 Å². The number of rotatable bonds is 6. The van der Waals surface area contributed by atoms with Crippen LogP contribution in [0.25, 0.3) is 0 Å². The second-order valence-corrected chi connectivity index (χ2v) is 6.37. The van der Waals surface area contributed by atoms with Crippen LogP contribution in [0.15, 0.2) is 24.4 Å². The van der Waals surface area contributed by atoms with E-state index in [4.69, 9.17) is 0 Å². The largest absolute Gasteiger partial charge is 0.330 e. The average molecular weight is 342 g/mol. The number of carbonyl (C=O) groups excluding carboxylic acids is 1. The van der Waals surface area contributed by atoms with Crippen LogP contribution >= 0.6 is 0 Å².